The third-order valence-corrected chi connectivity index (χ3v) is 3.94. The first-order valence-corrected chi connectivity index (χ1v) is 6.92. The highest BCUT2D eigenvalue weighted by Gasteiger charge is 2.46. The average Bonchev–Trinajstić information content (AvgIpc) is 2.92. The minimum atomic E-state index is -1.21. The largest absolute Gasteiger partial charge is 0.480 e. The molecule has 1 heterocycles. The molecular weight excluding hydrogens is 289 g/mol. The summed E-state index contributed by atoms with van der Waals surface area (Å²) in [7, 11) is 0. The number of hydrogen-bond donors (Lipinski definition) is 2. The number of furan rings is 1. The van der Waals surface area contributed by atoms with E-state index in [1.165, 1.54) is 18.2 Å². The molecular formula is C16H14FNO4. The Morgan fingerprint density at radius 2 is 1.91 bits per heavy atom. The molecule has 6 heteroatoms. The summed E-state index contributed by atoms with van der Waals surface area (Å²) in [5, 5.41) is 11.7. The number of amides is 1. The van der Waals surface area contributed by atoms with Crippen LogP contribution in [-0.2, 0) is 4.79 Å². The zero-order valence-electron chi connectivity index (χ0n) is 11.6. The average molecular weight is 303 g/mol. The van der Waals surface area contributed by atoms with Gasteiger partial charge in [-0.1, -0.05) is 12.1 Å². The zero-order valence-corrected chi connectivity index (χ0v) is 11.6. The molecule has 0 bridgehead atoms. The molecule has 1 saturated carbocycles. The van der Waals surface area contributed by atoms with Gasteiger partial charge in [0.15, 0.2) is 5.76 Å². The quantitative estimate of drug-likeness (QED) is 0.910. The second kappa shape index (κ2) is 5.29. The van der Waals surface area contributed by atoms with E-state index in [1.54, 1.807) is 18.2 Å². The number of hydrogen-bond acceptors (Lipinski definition) is 3. The van der Waals surface area contributed by atoms with Crippen molar-refractivity contribution in [2.75, 3.05) is 0 Å². The number of nitrogens with one attached hydrogen (secondary N) is 1. The molecule has 2 N–H and O–H groups in total. The van der Waals surface area contributed by atoms with Crippen LogP contribution in [0.2, 0.25) is 0 Å². The maximum atomic E-state index is 13.7. The number of carboxylic acids is 1. The highest BCUT2D eigenvalue weighted by molar-refractivity contribution is 5.96. The monoisotopic (exact) mass is 303 g/mol. The van der Waals surface area contributed by atoms with Crippen LogP contribution in [0.25, 0.3) is 11.3 Å². The molecule has 0 spiro atoms. The lowest BCUT2D eigenvalue weighted by molar-refractivity contribution is -0.148. The van der Waals surface area contributed by atoms with Crippen LogP contribution in [0.15, 0.2) is 40.8 Å². The topological polar surface area (TPSA) is 79.5 Å². The molecule has 1 fully saturated rings. The Labute approximate surface area is 125 Å². The van der Waals surface area contributed by atoms with Gasteiger partial charge in [-0.2, -0.15) is 0 Å². The Morgan fingerprint density at radius 1 is 1.18 bits per heavy atom. The van der Waals surface area contributed by atoms with Gasteiger partial charge in [-0.25, -0.2) is 9.18 Å². The second-order valence-electron chi connectivity index (χ2n) is 5.34. The fourth-order valence-electron chi connectivity index (χ4n) is 2.47. The molecule has 2 aromatic rings. The maximum Gasteiger partial charge on any atom is 0.329 e. The van der Waals surface area contributed by atoms with Crippen molar-refractivity contribution in [3.8, 4) is 11.3 Å². The lowest BCUT2D eigenvalue weighted by atomic mass is 9.76. The summed E-state index contributed by atoms with van der Waals surface area (Å²) in [5.41, 5.74) is -0.958. The van der Waals surface area contributed by atoms with Crippen molar-refractivity contribution in [1.82, 2.24) is 5.32 Å². The minimum absolute atomic E-state index is 0.0363. The number of aliphatic carboxylic acids is 1. The van der Waals surface area contributed by atoms with Crippen LogP contribution in [-0.4, -0.2) is 22.5 Å². The first kappa shape index (κ1) is 14.3. The molecule has 0 aliphatic heterocycles. The van der Waals surface area contributed by atoms with E-state index in [4.69, 9.17) is 4.42 Å². The molecule has 5 nitrogen and oxygen atoms in total. The lowest BCUT2D eigenvalue weighted by Crippen LogP contribution is -2.59. The Morgan fingerprint density at radius 3 is 2.50 bits per heavy atom. The smallest absolute Gasteiger partial charge is 0.329 e. The summed E-state index contributed by atoms with van der Waals surface area (Å²) in [4.78, 5) is 23.4. The summed E-state index contributed by atoms with van der Waals surface area (Å²) in [5.74, 6) is -1.92. The van der Waals surface area contributed by atoms with Gasteiger partial charge in [0.25, 0.3) is 5.91 Å². The van der Waals surface area contributed by atoms with Crippen LogP contribution in [0.1, 0.15) is 29.8 Å². The SMILES string of the molecule is O=C(NC1(C(=O)O)CCC1)c1ccc(-c2ccccc2F)o1. The normalized spacial score (nSPS) is 15.9. The predicted molar refractivity (Wildman–Crippen MR) is 75.8 cm³/mol. The van der Waals surface area contributed by atoms with E-state index < -0.39 is 23.2 Å². The van der Waals surface area contributed by atoms with E-state index in [9.17, 15) is 19.1 Å². The van der Waals surface area contributed by atoms with E-state index >= 15 is 0 Å². The Hall–Kier alpha value is -2.63. The Kier molecular flexibility index (Phi) is 3.44. The van der Waals surface area contributed by atoms with Gasteiger partial charge in [-0.15, -0.1) is 0 Å². The van der Waals surface area contributed by atoms with E-state index in [1.807, 2.05) is 0 Å². The molecule has 0 radical (unpaired) electrons. The number of halogens is 1. The van der Waals surface area contributed by atoms with Gasteiger partial charge in [-0.05, 0) is 43.5 Å². The fourth-order valence-corrected chi connectivity index (χ4v) is 2.47. The van der Waals surface area contributed by atoms with Crippen LogP contribution >= 0.6 is 0 Å². The first-order chi connectivity index (χ1) is 10.5. The van der Waals surface area contributed by atoms with Crippen LogP contribution in [0.4, 0.5) is 4.39 Å². The fraction of sp³-hybridized carbons (Fsp3) is 0.250. The minimum Gasteiger partial charge on any atom is -0.480 e. The summed E-state index contributed by atoms with van der Waals surface area (Å²) in [6.07, 6.45) is 1.55. The third-order valence-electron chi connectivity index (χ3n) is 3.94. The van der Waals surface area contributed by atoms with Crippen molar-refractivity contribution < 1.29 is 23.5 Å². The summed E-state index contributed by atoms with van der Waals surface area (Å²) < 4.78 is 19.0. The maximum absolute atomic E-state index is 13.7. The summed E-state index contributed by atoms with van der Waals surface area (Å²) >= 11 is 0. The standard InChI is InChI=1S/C16H14FNO4/c17-11-5-2-1-4-10(11)12-6-7-13(22-12)14(19)18-16(15(20)21)8-3-9-16/h1-2,4-7H,3,8-9H2,(H,18,19)(H,20,21). The van der Waals surface area contributed by atoms with Crippen molar-refractivity contribution >= 4 is 11.9 Å². The lowest BCUT2D eigenvalue weighted by Gasteiger charge is -2.37. The van der Waals surface area contributed by atoms with E-state index in [0.717, 1.165) is 6.42 Å². The van der Waals surface area contributed by atoms with E-state index in [0.29, 0.717) is 12.8 Å². The number of carboxylic acid groups (broad SMARTS) is 1. The van der Waals surface area contributed by atoms with Crippen molar-refractivity contribution in [3.63, 3.8) is 0 Å². The van der Waals surface area contributed by atoms with Crippen molar-refractivity contribution in [2.45, 2.75) is 24.8 Å². The number of carbonyl (C=O) groups is 2. The van der Waals surface area contributed by atoms with Crippen LogP contribution < -0.4 is 5.32 Å². The number of carbonyl (C=O) groups excluding carboxylic acids is 1. The molecule has 22 heavy (non-hydrogen) atoms. The molecule has 0 saturated heterocycles. The van der Waals surface area contributed by atoms with E-state index in [-0.39, 0.29) is 17.1 Å². The van der Waals surface area contributed by atoms with Gasteiger partial charge < -0.3 is 14.8 Å². The van der Waals surface area contributed by atoms with Gasteiger partial charge in [0.05, 0.1) is 5.56 Å². The number of rotatable bonds is 4. The van der Waals surface area contributed by atoms with Gasteiger partial charge in [0.1, 0.15) is 17.1 Å². The highest BCUT2D eigenvalue weighted by Crippen LogP contribution is 2.33. The zero-order chi connectivity index (χ0) is 15.7. The summed E-state index contributed by atoms with van der Waals surface area (Å²) in [6.45, 7) is 0. The molecule has 1 aliphatic rings. The molecule has 1 aromatic heterocycles. The second-order valence-corrected chi connectivity index (χ2v) is 5.34. The van der Waals surface area contributed by atoms with Gasteiger partial charge in [0, 0.05) is 0 Å². The Bertz CT molecular complexity index is 733. The van der Waals surface area contributed by atoms with Crippen molar-refractivity contribution in [1.29, 1.82) is 0 Å². The van der Waals surface area contributed by atoms with Gasteiger partial charge in [-0.3, -0.25) is 4.79 Å². The number of benzene rings is 1. The van der Waals surface area contributed by atoms with Gasteiger partial charge in [0.2, 0.25) is 0 Å². The predicted octanol–water partition coefficient (Wildman–Crippen LogP) is 2.82. The van der Waals surface area contributed by atoms with Gasteiger partial charge >= 0.3 is 5.97 Å². The Balaban J connectivity index is 1.81. The molecule has 1 aromatic carbocycles. The molecule has 0 unspecified atom stereocenters. The van der Waals surface area contributed by atoms with Crippen LogP contribution in [0.5, 0.6) is 0 Å². The van der Waals surface area contributed by atoms with Crippen molar-refractivity contribution in [2.24, 2.45) is 0 Å². The molecule has 1 amide bonds. The molecule has 1 aliphatic carbocycles. The highest BCUT2D eigenvalue weighted by atomic mass is 19.1. The summed E-state index contributed by atoms with van der Waals surface area (Å²) in [6, 6.07) is 8.95. The molecule has 3 rings (SSSR count). The molecule has 0 atom stereocenters. The van der Waals surface area contributed by atoms with Crippen LogP contribution in [0.3, 0.4) is 0 Å². The third kappa shape index (κ3) is 2.36. The van der Waals surface area contributed by atoms with E-state index in [2.05, 4.69) is 5.32 Å². The first-order valence-electron chi connectivity index (χ1n) is 6.92. The van der Waals surface area contributed by atoms with Crippen LogP contribution in [0, 0.1) is 5.82 Å². The van der Waals surface area contributed by atoms with Crippen molar-refractivity contribution in [3.05, 3.63) is 48.0 Å². The molecule has 114 valence electrons.